The lowest BCUT2D eigenvalue weighted by Gasteiger charge is -2.08. The Morgan fingerprint density at radius 2 is 1.86 bits per heavy atom. The van der Waals surface area contributed by atoms with E-state index in [1.165, 1.54) is 13.2 Å². The molecule has 0 atom stereocenters. The lowest BCUT2D eigenvalue weighted by molar-refractivity contribution is 0.0602. The van der Waals surface area contributed by atoms with Gasteiger partial charge in [0.05, 0.1) is 23.4 Å². The number of anilines is 1. The van der Waals surface area contributed by atoms with E-state index in [0.717, 1.165) is 0 Å². The van der Waals surface area contributed by atoms with E-state index in [1.54, 1.807) is 48.5 Å². The molecule has 2 aromatic carbocycles. The van der Waals surface area contributed by atoms with Crippen LogP contribution in [0.15, 0.2) is 59.0 Å². The van der Waals surface area contributed by atoms with E-state index in [0.29, 0.717) is 27.2 Å². The van der Waals surface area contributed by atoms with Crippen LogP contribution in [0.4, 0.5) is 5.69 Å². The molecule has 3 aromatic rings. The fourth-order valence-corrected chi connectivity index (χ4v) is 2.85. The highest BCUT2D eigenvalue weighted by molar-refractivity contribution is 6.35. The van der Waals surface area contributed by atoms with E-state index in [9.17, 15) is 9.59 Å². The zero-order chi connectivity index (χ0) is 20.1. The zero-order valence-corrected chi connectivity index (χ0v) is 16.2. The van der Waals surface area contributed by atoms with Gasteiger partial charge in [-0.05, 0) is 42.5 Å². The van der Waals surface area contributed by atoms with E-state index in [4.69, 9.17) is 37.1 Å². The summed E-state index contributed by atoms with van der Waals surface area (Å²) >= 11 is 11.9. The van der Waals surface area contributed by atoms with Crippen LogP contribution in [0.25, 0.3) is 0 Å². The highest BCUT2D eigenvalue weighted by Crippen LogP contribution is 2.28. The van der Waals surface area contributed by atoms with Gasteiger partial charge in [0.1, 0.15) is 18.1 Å². The molecule has 0 saturated carbocycles. The van der Waals surface area contributed by atoms with Crippen molar-refractivity contribution in [1.82, 2.24) is 0 Å². The van der Waals surface area contributed by atoms with Crippen molar-refractivity contribution in [2.24, 2.45) is 0 Å². The van der Waals surface area contributed by atoms with Gasteiger partial charge in [0.25, 0.3) is 5.91 Å². The summed E-state index contributed by atoms with van der Waals surface area (Å²) in [7, 11) is 1.27. The second-order valence-electron chi connectivity index (χ2n) is 5.62. The van der Waals surface area contributed by atoms with Gasteiger partial charge in [0.2, 0.25) is 0 Å². The minimum atomic E-state index is -0.552. The van der Waals surface area contributed by atoms with Gasteiger partial charge in [0, 0.05) is 5.02 Å². The van der Waals surface area contributed by atoms with Crippen LogP contribution in [0.3, 0.4) is 0 Å². The fourth-order valence-electron chi connectivity index (χ4n) is 2.38. The van der Waals surface area contributed by atoms with Crippen LogP contribution < -0.4 is 10.1 Å². The van der Waals surface area contributed by atoms with Crippen LogP contribution in [0.2, 0.25) is 10.0 Å². The van der Waals surface area contributed by atoms with Crippen LogP contribution in [0, 0.1) is 0 Å². The van der Waals surface area contributed by atoms with Crippen LogP contribution in [0.1, 0.15) is 26.7 Å². The quantitative estimate of drug-likeness (QED) is 0.555. The number of rotatable bonds is 6. The van der Waals surface area contributed by atoms with Gasteiger partial charge in [-0.1, -0.05) is 35.3 Å². The number of esters is 1. The number of carbonyl (C=O) groups is 2. The van der Waals surface area contributed by atoms with Gasteiger partial charge in [-0.3, -0.25) is 4.79 Å². The molecule has 6 nitrogen and oxygen atoms in total. The Hall–Kier alpha value is -2.96. The molecule has 0 radical (unpaired) electrons. The van der Waals surface area contributed by atoms with Crippen molar-refractivity contribution < 1.29 is 23.5 Å². The third kappa shape index (κ3) is 4.65. The standard InChI is InChI=1S/C20H15Cl2NO5/c1-26-20(25)14-4-2-3-5-16(14)23-19(24)18-9-7-13(28-18)11-27-17-8-6-12(21)10-15(17)22/h2-10H,11H2,1H3,(H,23,24). The smallest absolute Gasteiger partial charge is 0.339 e. The first-order valence-electron chi connectivity index (χ1n) is 8.13. The van der Waals surface area contributed by atoms with Crippen LogP contribution >= 0.6 is 23.2 Å². The predicted octanol–water partition coefficient (Wildman–Crippen LogP) is 5.20. The largest absolute Gasteiger partial charge is 0.484 e. The topological polar surface area (TPSA) is 77.8 Å². The minimum absolute atomic E-state index is 0.0699. The minimum Gasteiger partial charge on any atom is -0.484 e. The Balaban J connectivity index is 1.67. The average molecular weight is 420 g/mol. The average Bonchev–Trinajstić information content (AvgIpc) is 3.16. The lowest BCUT2D eigenvalue weighted by atomic mass is 10.2. The maximum Gasteiger partial charge on any atom is 0.339 e. The van der Waals surface area contributed by atoms with Gasteiger partial charge in [0.15, 0.2) is 5.76 Å². The second-order valence-corrected chi connectivity index (χ2v) is 6.46. The van der Waals surface area contributed by atoms with E-state index in [-0.39, 0.29) is 17.9 Å². The Bertz CT molecular complexity index is 1020. The molecular weight excluding hydrogens is 405 g/mol. The third-order valence-electron chi connectivity index (χ3n) is 3.73. The molecule has 0 bridgehead atoms. The van der Waals surface area contributed by atoms with Crippen LogP contribution in [-0.4, -0.2) is 19.0 Å². The summed E-state index contributed by atoms with van der Waals surface area (Å²) < 4.78 is 15.8. The number of furan rings is 1. The van der Waals surface area contributed by atoms with E-state index >= 15 is 0 Å². The number of hydrogen-bond donors (Lipinski definition) is 1. The van der Waals surface area contributed by atoms with E-state index in [2.05, 4.69) is 5.32 Å². The first-order valence-corrected chi connectivity index (χ1v) is 8.89. The molecule has 0 spiro atoms. The molecule has 1 aromatic heterocycles. The summed E-state index contributed by atoms with van der Waals surface area (Å²) in [6.07, 6.45) is 0. The van der Waals surface area contributed by atoms with Crippen molar-refractivity contribution in [3.8, 4) is 5.75 Å². The Labute approximate surface area is 171 Å². The lowest BCUT2D eigenvalue weighted by Crippen LogP contribution is -2.14. The number of nitrogens with one attached hydrogen (secondary N) is 1. The molecule has 0 saturated heterocycles. The zero-order valence-electron chi connectivity index (χ0n) is 14.7. The molecule has 1 heterocycles. The molecule has 1 amide bonds. The summed E-state index contributed by atoms with van der Waals surface area (Å²) in [5.74, 6) is -0.116. The third-order valence-corrected chi connectivity index (χ3v) is 4.26. The Morgan fingerprint density at radius 3 is 2.61 bits per heavy atom. The Kier molecular flexibility index (Phi) is 6.23. The molecule has 0 aliphatic carbocycles. The first kappa shape index (κ1) is 19.8. The molecule has 0 aliphatic rings. The summed E-state index contributed by atoms with van der Waals surface area (Å²) in [4.78, 5) is 24.2. The number of hydrogen-bond acceptors (Lipinski definition) is 5. The van der Waals surface area contributed by atoms with Gasteiger partial charge in [-0.15, -0.1) is 0 Å². The van der Waals surface area contributed by atoms with Crippen LogP contribution in [-0.2, 0) is 11.3 Å². The van der Waals surface area contributed by atoms with Gasteiger partial charge >= 0.3 is 5.97 Å². The summed E-state index contributed by atoms with van der Waals surface area (Å²) in [5.41, 5.74) is 0.562. The fraction of sp³-hybridized carbons (Fsp3) is 0.100. The van der Waals surface area contributed by atoms with Crippen molar-refractivity contribution in [2.45, 2.75) is 6.61 Å². The van der Waals surface area contributed by atoms with Crippen molar-refractivity contribution in [1.29, 1.82) is 0 Å². The van der Waals surface area contributed by atoms with Gasteiger partial charge in [-0.2, -0.15) is 0 Å². The number of benzene rings is 2. The molecule has 8 heteroatoms. The summed E-state index contributed by atoms with van der Waals surface area (Å²) in [6.45, 7) is 0.0768. The van der Waals surface area contributed by atoms with Crippen LogP contribution in [0.5, 0.6) is 5.75 Å². The second kappa shape index (κ2) is 8.82. The molecule has 0 aliphatic heterocycles. The van der Waals surface area contributed by atoms with Gasteiger partial charge in [-0.25, -0.2) is 4.79 Å². The molecule has 1 N–H and O–H groups in total. The maximum atomic E-state index is 12.4. The number of halogens is 2. The highest BCUT2D eigenvalue weighted by Gasteiger charge is 2.17. The van der Waals surface area contributed by atoms with E-state index in [1.807, 2.05) is 0 Å². The van der Waals surface area contributed by atoms with Gasteiger partial charge < -0.3 is 19.2 Å². The van der Waals surface area contributed by atoms with Crippen molar-refractivity contribution >= 4 is 40.8 Å². The summed E-state index contributed by atoms with van der Waals surface area (Å²) in [6, 6.07) is 14.5. The monoisotopic (exact) mass is 419 g/mol. The van der Waals surface area contributed by atoms with E-state index < -0.39 is 11.9 Å². The normalized spacial score (nSPS) is 10.4. The molecule has 144 valence electrons. The highest BCUT2D eigenvalue weighted by atomic mass is 35.5. The first-order chi connectivity index (χ1) is 13.5. The number of amides is 1. The van der Waals surface area contributed by atoms with Crippen molar-refractivity contribution in [3.63, 3.8) is 0 Å². The number of ether oxygens (including phenoxy) is 2. The number of carbonyl (C=O) groups excluding carboxylic acids is 2. The summed E-state index contributed by atoms with van der Waals surface area (Å²) in [5, 5.41) is 3.51. The van der Waals surface area contributed by atoms with Crippen molar-refractivity contribution in [2.75, 3.05) is 12.4 Å². The predicted molar refractivity (Wildman–Crippen MR) is 105 cm³/mol. The Morgan fingerprint density at radius 1 is 1.07 bits per heavy atom. The van der Waals surface area contributed by atoms with Crippen molar-refractivity contribution in [3.05, 3.63) is 81.7 Å². The number of para-hydroxylation sites is 1. The molecule has 0 unspecified atom stereocenters. The maximum absolute atomic E-state index is 12.4. The molecular formula is C20H15Cl2NO5. The molecule has 3 rings (SSSR count). The molecule has 0 fully saturated rings. The molecule has 28 heavy (non-hydrogen) atoms. The SMILES string of the molecule is COC(=O)c1ccccc1NC(=O)c1ccc(COc2ccc(Cl)cc2Cl)o1. The number of methoxy groups -OCH3 is 1.